The van der Waals surface area contributed by atoms with E-state index in [2.05, 4.69) is 10.6 Å². The summed E-state index contributed by atoms with van der Waals surface area (Å²) in [5, 5.41) is 6.27. The van der Waals surface area contributed by atoms with E-state index >= 15 is 0 Å². The molecule has 7 heteroatoms. The number of benzene rings is 1. The molecule has 1 fully saturated rings. The molecule has 1 saturated heterocycles. The number of hydrogen-bond acceptors (Lipinski definition) is 5. The van der Waals surface area contributed by atoms with E-state index < -0.39 is 11.7 Å². The summed E-state index contributed by atoms with van der Waals surface area (Å²) in [6.45, 7) is 2.49. The van der Waals surface area contributed by atoms with Crippen molar-refractivity contribution in [1.29, 1.82) is 0 Å². The van der Waals surface area contributed by atoms with Gasteiger partial charge in [0.1, 0.15) is 17.4 Å². The second-order valence-corrected chi connectivity index (χ2v) is 6.41. The molecule has 1 aliphatic heterocycles. The molecule has 138 valence electrons. The smallest absolute Gasteiger partial charge is 0.339 e. The molecule has 1 aliphatic rings. The predicted octanol–water partition coefficient (Wildman–Crippen LogP) is 1.44. The summed E-state index contributed by atoms with van der Waals surface area (Å²) in [6.07, 6.45) is 1.86. The maximum atomic E-state index is 12.3. The number of piperidine rings is 1. The molecule has 26 heavy (non-hydrogen) atoms. The van der Waals surface area contributed by atoms with Crippen LogP contribution in [0.4, 0.5) is 0 Å². The van der Waals surface area contributed by atoms with Crippen molar-refractivity contribution in [2.45, 2.75) is 38.6 Å². The molecule has 1 aromatic heterocycles. The fourth-order valence-corrected chi connectivity index (χ4v) is 3.21. The van der Waals surface area contributed by atoms with Crippen molar-refractivity contribution >= 4 is 22.8 Å². The van der Waals surface area contributed by atoms with Gasteiger partial charge in [-0.2, -0.15) is 0 Å². The van der Waals surface area contributed by atoms with E-state index in [4.69, 9.17) is 9.15 Å². The summed E-state index contributed by atoms with van der Waals surface area (Å²) >= 11 is 0. The summed E-state index contributed by atoms with van der Waals surface area (Å²) in [7, 11) is 1.55. The highest BCUT2D eigenvalue weighted by molar-refractivity contribution is 5.88. The van der Waals surface area contributed by atoms with Crippen molar-refractivity contribution in [3.8, 4) is 5.75 Å². The van der Waals surface area contributed by atoms with Gasteiger partial charge in [0.05, 0.1) is 7.11 Å². The van der Waals surface area contributed by atoms with E-state index in [9.17, 15) is 14.4 Å². The Morgan fingerprint density at radius 1 is 1.38 bits per heavy atom. The van der Waals surface area contributed by atoms with E-state index in [1.807, 2.05) is 13.0 Å². The molecule has 1 atom stereocenters. The number of aryl methyl sites for hydroxylation is 1. The van der Waals surface area contributed by atoms with Crippen molar-refractivity contribution in [1.82, 2.24) is 10.6 Å². The normalized spacial score (nSPS) is 17.0. The molecular weight excluding hydrogens is 336 g/mol. The average molecular weight is 358 g/mol. The molecule has 2 N–H and O–H groups in total. The largest absolute Gasteiger partial charge is 0.497 e. The third-order valence-electron chi connectivity index (χ3n) is 4.72. The van der Waals surface area contributed by atoms with Crippen LogP contribution in [-0.2, 0) is 16.0 Å². The van der Waals surface area contributed by atoms with Crippen LogP contribution in [-0.4, -0.2) is 31.5 Å². The van der Waals surface area contributed by atoms with Crippen molar-refractivity contribution in [2.24, 2.45) is 0 Å². The van der Waals surface area contributed by atoms with Crippen molar-refractivity contribution in [3.63, 3.8) is 0 Å². The molecule has 0 radical (unpaired) electrons. The van der Waals surface area contributed by atoms with Crippen LogP contribution in [0.5, 0.6) is 5.75 Å². The maximum Gasteiger partial charge on any atom is 0.339 e. The summed E-state index contributed by atoms with van der Waals surface area (Å²) in [4.78, 5) is 36.2. The van der Waals surface area contributed by atoms with Crippen molar-refractivity contribution in [3.05, 3.63) is 39.7 Å². The molecule has 2 heterocycles. The van der Waals surface area contributed by atoms with Crippen LogP contribution in [0.15, 0.2) is 27.4 Å². The summed E-state index contributed by atoms with van der Waals surface area (Å²) in [5.74, 6) is 0.207. The van der Waals surface area contributed by atoms with Crippen LogP contribution >= 0.6 is 0 Å². The first-order chi connectivity index (χ1) is 12.5. The van der Waals surface area contributed by atoms with Crippen LogP contribution in [0.3, 0.4) is 0 Å². The Balaban J connectivity index is 1.73. The van der Waals surface area contributed by atoms with Crippen LogP contribution in [0.25, 0.3) is 11.0 Å². The standard InChI is InChI=1S/C19H22N2O5/c1-11-13-6-5-12(25-2)10-16(13)26-19(24)14(11)7-8-17(22)21-15-4-3-9-20-18(15)23/h5-6,10,15H,3-4,7-9H2,1-2H3,(H,20,23)(H,21,22). The Morgan fingerprint density at radius 3 is 2.92 bits per heavy atom. The Bertz CT molecular complexity index is 903. The maximum absolute atomic E-state index is 12.3. The Labute approximate surface area is 150 Å². The minimum absolute atomic E-state index is 0.122. The first-order valence-electron chi connectivity index (χ1n) is 8.67. The summed E-state index contributed by atoms with van der Waals surface area (Å²) in [5.41, 5.74) is 1.28. The number of carbonyl (C=O) groups excluding carboxylic acids is 2. The molecule has 2 amide bonds. The molecule has 0 aliphatic carbocycles. The fourth-order valence-electron chi connectivity index (χ4n) is 3.21. The fraction of sp³-hybridized carbons (Fsp3) is 0.421. The summed E-state index contributed by atoms with van der Waals surface area (Å²) < 4.78 is 10.5. The number of methoxy groups -OCH3 is 1. The van der Waals surface area contributed by atoms with Crippen molar-refractivity contribution in [2.75, 3.05) is 13.7 Å². The lowest BCUT2D eigenvalue weighted by Crippen LogP contribution is -2.50. The highest BCUT2D eigenvalue weighted by Crippen LogP contribution is 2.24. The molecule has 0 saturated carbocycles. The van der Waals surface area contributed by atoms with E-state index in [0.29, 0.717) is 29.9 Å². The molecule has 1 unspecified atom stereocenters. The molecule has 2 aromatic rings. The highest BCUT2D eigenvalue weighted by atomic mass is 16.5. The van der Waals surface area contributed by atoms with Gasteiger partial charge in [-0.05, 0) is 43.9 Å². The van der Waals surface area contributed by atoms with Gasteiger partial charge in [0, 0.05) is 30.0 Å². The molecule has 7 nitrogen and oxygen atoms in total. The zero-order valence-corrected chi connectivity index (χ0v) is 14.9. The molecule has 0 spiro atoms. The van der Waals surface area contributed by atoms with E-state index in [1.54, 1.807) is 19.2 Å². The van der Waals surface area contributed by atoms with E-state index in [1.165, 1.54) is 0 Å². The number of nitrogens with one attached hydrogen (secondary N) is 2. The molecule has 3 rings (SSSR count). The number of amides is 2. The van der Waals surface area contributed by atoms with Crippen LogP contribution in [0.1, 0.15) is 30.4 Å². The van der Waals surface area contributed by atoms with Gasteiger partial charge in [0.2, 0.25) is 11.8 Å². The lowest BCUT2D eigenvalue weighted by Gasteiger charge is -2.22. The lowest BCUT2D eigenvalue weighted by atomic mass is 10.0. The van der Waals surface area contributed by atoms with Gasteiger partial charge >= 0.3 is 5.63 Å². The second-order valence-electron chi connectivity index (χ2n) is 6.41. The van der Waals surface area contributed by atoms with E-state index in [-0.39, 0.29) is 24.7 Å². The van der Waals surface area contributed by atoms with Crippen LogP contribution in [0, 0.1) is 6.92 Å². The SMILES string of the molecule is COc1ccc2c(C)c(CCC(=O)NC3CCCNC3=O)c(=O)oc2c1. The minimum atomic E-state index is -0.488. The number of hydrogen-bond donors (Lipinski definition) is 2. The van der Waals surface area contributed by atoms with Gasteiger partial charge in [-0.1, -0.05) is 0 Å². The van der Waals surface area contributed by atoms with Crippen LogP contribution in [0.2, 0.25) is 0 Å². The first kappa shape index (κ1) is 18.0. The number of ether oxygens (including phenoxy) is 1. The molecule has 1 aromatic carbocycles. The first-order valence-corrected chi connectivity index (χ1v) is 8.67. The predicted molar refractivity (Wildman–Crippen MR) is 96.3 cm³/mol. The second kappa shape index (κ2) is 7.59. The van der Waals surface area contributed by atoms with Gasteiger partial charge in [-0.3, -0.25) is 9.59 Å². The Morgan fingerprint density at radius 2 is 2.19 bits per heavy atom. The van der Waals surface area contributed by atoms with Gasteiger partial charge in [0.15, 0.2) is 0 Å². The number of carbonyl (C=O) groups is 2. The van der Waals surface area contributed by atoms with E-state index in [0.717, 1.165) is 17.4 Å². The lowest BCUT2D eigenvalue weighted by molar-refractivity contribution is -0.130. The monoisotopic (exact) mass is 358 g/mol. The van der Waals surface area contributed by atoms with Crippen molar-refractivity contribution < 1.29 is 18.7 Å². The highest BCUT2D eigenvalue weighted by Gasteiger charge is 2.23. The minimum Gasteiger partial charge on any atom is -0.497 e. The zero-order valence-electron chi connectivity index (χ0n) is 14.9. The molecule has 0 bridgehead atoms. The van der Waals surface area contributed by atoms with Gasteiger partial charge in [0.25, 0.3) is 0 Å². The summed E-state index contributed by atoms with van der Waals surface area (Å²) in [6, 6.07) is 4.82. The topological polar surface area (TPSA) is 97.6 Å². The third-order valence-corrected chi connectivity index (χ3v) is 4.72. The number of rotatable bonds is 5. The number of fused-ring (bicyclic) bond motifs is 1. The van der Waals surface area contributed by atoms with Crippen LogP contribution < -0.4 is 21.0 Å². The van der Waals surface area contributed by atoms with Gasteiger partial charge in [-0.15, -0.1) is 0 Å². The zero-order chi connectivity index (χ0) is 18.7. The third kappa shape index (κ3) is 3.71. The average Bonchev–Trinajstić information content (AvgIpc) is 2.63. The quantitative estimate of drug-likeness (QED) is 0.788. The Kier molecular flexibility index (Phi) is 5.25. The Hall–Kier alpha value is -2.83. The van der Waals surface area contributed by atoms with Gasteiger partial charge < -0.3 is 19.8 Å². The van der Waals surface area contributed by atoms with Gasteiger partial charge in [-0.25, -0.2) is 4.79 Å². The molecular formula is C19H22N2O5.